The van der Waals surface area contributed by atoms with Gasteiger partial charge in [0.2, 0.25) is 0 Å². The molecule has 0 radical (unpaired) electrons. The quantitative estimate of drug-likeness (QED) is 0.425. The second-order valence-electron chi connectivity index (χ2n) is 8.90. The van der Waals surface area contributed by atoms with Gasteiger partial charge in [0.1, 0.15) is 0 Å². The number of rotatable bonds is 7. The molecule has 1 unspecified atom stereocenters. The summed E-state index contributed by atoms with van der Waals surface area (Å²) in [5, 5.41) is 0. The molecule has 1 fully saturated rings. The SMILES string of the molecule is COC(=O)c1ccc2c(c1)CCCC(Br)=C2c1ccc(CC2CCN(CCCF)C2)cc1. The molecule has 0 aromatic heterocycles. The lowest BCUT2D eigenvalue weighted by Crippen LogP contribution is -2.22. The summed E-state index contributed by atoms with van der Waals surface area (Å²) in [5.41, 5.74) is 6.77. The van der Waals surface area contributed by atoms with Crippen molar-refractivity contribution < 1.29 is 13.9 Å². The maximum Gasteiger partial charge on any atom is 0.337 e. The minimum Gasteiger partial charge on any atom is -0.465 e. The van der Waals surface area contributed by atoms with Crippen LogP contribution in [-0.2, 0) is 17.6 Å². The first-order valence-corrected chi connectivity index (χ1v) is 12.4. The number of aryl methyl sites for hydroxylation is 1. The Labute approximate surface area is 198 Å². The van der Waals surface area contributed by atoms with Crippen LogP contribution in [0.25, 0.3) is 5.57 Å². The van der Waals surface area contributed by atoms with E-state index in [2.05, 4.69) is 51.2 Å². The average Bonchev–Trinajstić information content (AvgIpc) is 3.19. The molecular formula is C27H31BrFNO2. The molecule has 1 aliphatic carbocycles. The maximum atomic E-state index is 12.4. The number of allylic oxidation sites excluding steroid dienone is 1. The highest BCUT2D eigenvalue weighted by molar-refractivity contribution is 9.11. The van der Waals surface area contributed by atoms with Crippen molar-refractivity contribution in [2.45, 2.75) is 38.5 Å². The van der Waals surface area contributed by atoms with Gasteiger partial charge in [-0.25, -0.2) is 4.79 Å². The minimum atomic E-state index is -0.291. The number of fused-ring (bicyclic) bond motifs is 1. The first kappa shape index (κ1) is 23.2. The molecule has 4 rings (SSSR count). The molecule has 0 bridgehead atoms. The third-order valence-electron chi connectivity index (χ3n) is 6.65. The van der Waals surface area contributed by atoms with E-state index in [1.807, 2.05) is 12.1 Å². The molecule has 32 heavy (non-hydrogen) atoms. The molecule has 5 heteroatoms. The number of esters is 1. The van der Waals surface area contributed by atoms with Crippen LogP contribution >= 0.6 is 15.9 Å². The van der Waals surface area contributed by atoms with Crippen LogP contribution in [0.1, 0.15) is 58.3 Å². The highest BCUT2D eigenvalue weighted by atomic mass is 79.9. The lowest BCUT2D eigenvalue weighted by atomic mass is 9.91. The Hall–Kier alpha value is -1.98. The summed E-state index contributed by atoms with van der Waals surface area (Å²) < 4.78 is 18.6. The summed E-state index contributed by atoms with van der Waals surface area (Å²) in [6, 6.07) is 14.9. The van der Waals surface area contributed by atoms with Crippen LogP contribution in [0, 0.1) is 5.92 Å². The normalized spacial score (nSPS) is 19.0. The van der Waals surface area contributed by atoms with Crippen LogP contribution in [0.3, 0.4) is 0 Å². The van der Waals surface area contributed by atoms with Gasteiger partial charge >= 0.3 is 5.97 Å². The number of alkyl halides is 1. The Kier molecular flexibility index (Phi) is 7.80. The van der Waals surface area contributed by atoms with Crippen LogP contribution in [0.2, 0.25) is 0 Å². The number of hydrogen-bond acceptors (Lipinski definition) is 3. The van der Waals surface area contributed by atoms with Crippen molar-refractivity contribution in [2.24, 2.45) is 5.92 Å². The molecule has 1 heterocycles. The van der Waals surface area contributed by atoms with Crippen molar-refractivity contribution in [1.82, 2.24) is 4.90 Å². The number of benzene rings is 2. The van der Waals surface area contributed by atoms with Crippen molar-refractivity contribution in [3.8, 4) is 0 Å². The van der Waals surface area contributed by atoms with E-state index in [1.165, 1.54) is 45.8 Å². The zero-order valence-corrected chi connectivity index (χ0v) is 20.3. The van der Waals surface area contributed by atoms with Gasteiger partial charge in [-0.1, -0.05) is 46.3 Å². The van der Waals surface area contributed by atoms with Gasteiger partial charge in [0.15, 0.2) is 0 Å². The second kappa shape index (κ2) is 10.8. The fourth-order valence-corrected chi connectivity index (χ4v) is 5.74. The van der Waals surface area contributed by atoms with Gasteiger partial charge in [-0.3, -0.25) is 4.39 Å². The smallest absolute Gasteiger partial charge is 0.337 e. The molecular weight excluding hydrogens is 469 g/mol. The molecule has 1 aliphatic heterocycles. The number of likely N-dealkylation sites (tertiary alicyclic amines) is 1. The van der Waals surface area contributed by atoms with Crippen LogP contribution in [0.5, 0.6) is 0 Å². The Morgan fingerprint density at radius 1 is 1.19 bits per heavy atom. The van der Waals surface area contributed by atoms with E-state index < -0.39 is 0 Å². The van der Waals surface area contributed by atoms with Crippen molar-refractivity contribution in [1.29, 1.82) is 0 Å². The van der Waals surface area contributed by atoms with Crippen LogP contribution in [0.4, 0.5) is 4.39 Å². The lowest BCUT2D eigenvalue weighted by molar-refractivity contribution is 0.0600. The molecule has 0 spiro atoms. The van der Waals surface area contributed by atoms with E-state index in [4.69, 9.17) is 4.74 Å². The van der Waals surface area contributed by atoms with E-state index >= 15 is 0 Å². The second-order valence-corrected chi connectivity index (χ2v) is 9.85. The third kappa shape index (κ3) is 5.32. The van der Waals surface area contributed by atoms with Gasteiger partial charge in [-0.05, 0) is 90.9 Å². The van der Waals surface area contributed by atoms with Gasteiger partial charge < -0.3 is 9.64 Å². The van der Waals surface area contributed by atoms with Gasteiger partial charge in [0.25, 0.3) is 0 Å². The van der Waals surface area contributed by atoms with Crippen molar-refractivity contribution >= 4 is 27.5 Å². The van der Waals surface area contributed by atoms with Gasteiger partial charge in [0.05, 0.1) is 19.3 Å². The number of carbonyl (C=O) groups excluding carboxylic acids is 1. The number of ether oxygens (including phenoxy) is 1. The summed E-state index contributed by atoms with van der Waals surface area (Å²) in [6.07, 6.45) is 5.88. The van der Waals surface area contributed by atoms with E-state index in [9.17, 15) is 9.18 Å². The molecule has 2 aliphatic rings. The van der Waals surface area contributed by atoms with Gasteiger partial charge in [-0.2, -0.15) is 0 Å². The summed E-state index contributed by atoms with van der Waals surface area (Å²) in [5.74, 6) is 0.364. The van der Waals surface area contributed by atoms with E-state index in [0.29, 0.717) is 17.9 Å². The summed E-state index contributed by atoms with van der Waals surface area (Å²) >= 11 is 3.84. The maximum absolute atomic E-state index is 12.4. The molecule has 0 amide bonds. The average molecular weight is 500 g/mol. The predicted octanol–water partition coefficient (Wildman–Crippen LogP) is 6.19. The van der Waals surface area contributed by atoms with Crippen LogP contribution in [0.15, 0.2) is 46.9 Å². The molecule has 0 saturated carbocycles. The number of methoxy groups -OCH3 is 1. The molecule has 170 valence electrons. The zero-order chi connectivity index (χ0) is 22.5. The molecule has 1 saturated heterocycles. The first-order chi connectivity index (χ1) is 15.6. The Bertz CT molecular complexity index is 986. The summed E-state index contributed by atoms with van der Waals surface area (Å²) in [6.45, 7) is 2.83. The molecule has 3 nitrogen and oxygen atoms in total. The fraction of sp³-hybridized carbons (Fsp3) is 0.444. The largest absolute Gasteiger partial charge is 0.465 e. The molecule has 2 aromatic rings. The summed E-state index contributed by atoms with van der Waals surface area (Å²) in [4.78, 5) is 14.4. The number of hydrogen-bond donors (Lipinski definition) is 0. The Morgan fingerprint density at radius 3 is 2.75 bits per heavy atom. The van der Waals surface area contributed by atoms with Gasteiger partial charge in [0, 0.05) is 17.6 Å². The molecule has 1 atom stereocenters. The number of halogens is 2. The molecule has 2 aromatic carbocycles. The van der Waals surface area contributed by atoms with E-state index in [0.717, 1.165) is 45.3 Å². The Morgan fingerprint density at radius 2 is 2.00 bits per heavy atom. The minimum absolute atomic E-state index is 0.221. The molecule has 0 N–H and O–H groups in total. The number of nitrogens with zero attached hydrogens (tertiary/aromatic N) is 1. The van der Waals surface area contributed by atoms with Crippen LogP contribution in [-0.4, -0.2) is 44.3 Å². The third-order valence-corrected chi connectivity index (χ3v) is 7.45. The summed E-state index contributed by atoms with van der Waals surface area (Å²) in [7, 11) is 1.42. The number of carbonyl (C=O) groups is 1. The Balaban J connectivity index is 1.52. The van der Waals surface area contributed by atoms with E-state index in [-0.39, 0.29) is 12.6 Å². The highest BCUT2D eigenvalue weighted by Gasteiger charge is 2.23. The fourth-order valence-electron chi connectivity index (χ4n) is 5.01. The standard InChI is InChI=1S/C27H31BrFNO2/c1-32-27(31)23-10-11-24-22(17-23)4-2-5-25(28)26(24)21-8-6-19(7-9-21)16-20-12-15-30(18-20)14-3-13-29/h6-11,17,20H,2-5,12-16,18H2,1H3. The predicted molar refractivity (Wildman–Crippen MR) is 131 cm³/mol. The van der Waals surface area contributed by atoms with Crippen LogP contribution < -0.4 is 0 Å². The van der Waals surface area contributed by atoms with Crippen molar-refractivity contribution in [3.63, 3.8) is 0 Å². The van der Waals surface area contributed by atoms with Crippen molar-refractivity contribution in [2.75, 3.05) is 33.4 Å². The first-order valence-electron chi connectivity index (χ1n) is 11.6. The zero-order valence-electron chi connectivity index (χ0n) is 18.7. The monoisotopic (exact) mass is 499 g/mol. The highest BCUT2D eigenvalue weighted by Crippen LogP contribution is 2.38. The lowest BCUT2D eigenvalue weighted by Gasteiger charge is -2.16. The van der Waals surface area contributed by atoms with Gasteiger partial charge in [-0.15, -0.1) is 0 Å². The topological polar surface area (TPSA) is 29.5 Å². The van der Waals surface area contributed by atoms with Crippen molar-refractivity contribution in [3.05, 3.63) is 74.8 Å². The van der Waals surface area contributed by atoms with E-state index in [1.54, 1.807) is 0 Å².